The van der Waals surface area contributed by atoms with Crippen LogP contribution in [0.3, 0.4) is 0 Å². The molecule has 0 aliphatic rings. The monoisotopic (exact) mass is 196 g/mol. The molecule has 0 saturated heterocycles. The number of ether oxygens (including phenoxy) is 1. The molecule has 1 rings (SSSR count). The maximum absolute atomic E-state index is 8.82. The summed E-state index contributed by atoms with van der Waals surface area (Å²) in [6.07, 6.45) is 4.07. The number of aliphatic hydroxyl groups excluding tert-OH is 1. The fourth-order valence-electron chi connectivity index (χ4n) is 0.931. The van der Waals surface area contributed by atoms with Crippen LogP contribution in [0.15, 0.2) is 12.4 Å². The minimum Gasteiger partial charge on any atom is -0.477 e. The molecule has 0 aromatic carbocycles. The SMILES string of the molecule is CC(C)CCOc1cncc(CO)n1. The predicted octanol–water partition coefficient (Wildman–Crippen LogP) is 1.39. The Kier molecular flexibility index (Phi) is 4.32. The Bertz CT molecular complexity index is 277. The Hall–Kier alpha value is -1.16. The lowest BCUT2D eigenvalue weighted by Crippen LogP contribution is -2.04. The van der Waals surface area contributed by atoms with E-state index < -0.39 is 0 Å². The van der Waals surface area contributed by atoms with Crippen molar-refractivity contribution in [3.63, 3.8) is 0 Å². The van der Waals surface area contributed by atoms with E-state index in [1.165, 1.54) is 6.20 Å². The minimum absolute atomic E-state index is 0.103. The summed E-state index contributed by atoms with van der Waals surface area (Å²) in [5.74, 6) is 1.10. The van der Waals surface area contributed by atoms with Gasteiger partial charge in [0.1, 0.15) is 0 Å². The highest BCUT2D eigenvalue weighted by Crippen LogP contribution is 2.07. The van der Waals surface area contributed by atoms with E-state index in [0.717, 1.165) is 6.42 Å². The highest BCUT2D eigenvalue weighted by Gasteiger charge is 1.99. The molecule has 0 spiro atoms. The summed E-state index contributed by atoms with van der Waals surface area (Å²) in [5.41, 5.74) is 0.534. The van der Waals surface area contributed by atoms with Crippen LogP contribution in [0.1, 0.15) is 26.0 Å². The Balaban J connectivity index is 2.42. The van der Waals surface area contributed by atoms with Crippen molar-refractivity contribution < 1.29 is 9.84 Å². The van der Waals surface area contributed by atoms with E-state index in [1.54, 1.807) is 6.20 Å². The number of aromatic nitrogens is 2. The van der Waals surface area contributed by atoms with Crippen LogP contribution >= 0.6 is 0 Å². The average molecular weight is 196 g/mol. The molecule has 0 aliphatic heterocycles. The highest BCUT2D eigenvalue weighted by atomic mass is 16.5. The Morgan fingerprint density at radius 2 is 2.21 bits per heavy atom. The van der Waals surface area contributed by atoms with Gasteiger partial charge in [-0.3, -0.25) is 4.98 Å². The topological polar surface area (TPSA) is 55.2 Å². The molecule has 1 heterocycles. The summed E-state index contributed by atoms with van der Waals surface area (Å²) >= 11 is 0. The highest BCUT2D eigenvalue weighted by molar-refractivity contribution is 5.07. The predicted molar refractivity (Wildman–Crippen MR) is 52.9 cm³/mol. The first kappa shape index (κ1) is 10.9. The molecule has 1 N–H and O–H groups in total. The van der Waals surface area contributed by atoms with Crippen LogP contribution in [-0.2, 0) is 6.61 Å². The number of hydrogen-bond donors (Lipinski definition) is 1. The molecule has 1 aromatic heterocycles. The van der Waals surface area contributed by atoms with E-state index in [4.69, 9.17) is 9.84 Å². The zero-order valence-electron chi connectivity index (χ0n) is 8.60. The quantitative estimate of drug-likeness (QED) is 0.773. The molecule has 0 atom stereocenters. The van der Waals surface area contributed by atoms with E-state index in [0.29, 0.717) is 24.1 Å². The van der Waals surface area contributed by atoms with Gasteiger partial charge in [-0.15, -0.1) is 0 Å². The summed E-state index contributed by atoms with van der Waals surface area (Å²) < 4.78 is 5.37. The van der Waals surface area contributed by atoms with Crippen LogP contribution in [-0.4, -0.2) is 21.7 Å². The van der Waals surface area contributed by atoms with Crippen molar-refractivity contribution in [2.24, 2.45) is 5.92 Å². The third-order valence-corrected chi connectivity index (χ3v) is 1.77. The molecule has 0 fully saturated rings. The summed E-state index contributed by atoms with van der Waals surface area (Å²) in [7, 11) is 0. The molecule has 0 bridgehead atoms. The minimum atomic E-state index is -0.103. The first-order chi connectivity index (χ1) is 6.72. The van der Waals surface area contributed by atoms with Gasteiger partial charge in [-0.2, -0.15) is 0 Å². The van der Waals surface area contributed by atoms with Crippen molar-refractivity contribution in [3.05, 3.63) is 18.1 Å². The summed E-state index contributed by atoms with van der Waals surface area (Å²) in [4.78, 5) is 7.96. The third-order valence-electron chi connectivity index (χ3n) is 1.77. The van der Waals surface area contributed by atoms with Crippen molar-refractivity contribution in [1.29, 1.82) is 0 Å². The summed E-state index contributed by atoms with van der Waals surface area (Å²) in [6.45, 7) is 4.81. The van der Waals surface area contributed by atoms with Gasteiger partial charge in [0.15, 0.2) is 0 Å². The summed E-state index contributed by atoms with van der Waals surface area (Å²) in [6, 6.07) is 0. The van der Waals surface area contributed by atoms with Gasteiger partial charge in [0, 0.05) is 0 Å². The lowest BCUT2D eigenvalue weighted by molar-refractivity contribution is 0.260. The van der Waals surface area contributed by atoms with E-state index in [9.17, 15) is 0 Å². The molecule has 0 amide bonds. The average Bonchev–Trinajstić information content (AvgIpc) is 2.18. The Labute approximate surface area is 84.0 Å². The van der Waals surface area contributed by atoms with Crippen LogP contribution in [0.5, 0.6) is 5.88 Å². The van der Waals surface area contributed by atoms with E-state index in [2.05, 4.69) is 23.8 Å². The van der Waals surface area contributed by atoms with Crippen LogP contribution in [0, 0.1) is 5.92 Å². The van der Waals surface area contributed by atoms with Gasteiger partial charge < -0.3 is 9.84 Å². The largest absolute Gasteiger partial charge is 0.477 e. The lowest BCUT2D eigenvalue weighted by Gasteiger charge is -2.07. The van der Waals surface area contributed by atoms with E-state index >= 15 is 0 Å². The molecular weight excluding hydrogens is 180 g/mol. The number of aliphatic hydroxyl groups is 1. The maximum atomic E-state index is 8.82. The smallest absolute Gasteiger partial charge is 0.232 e. The van der Waals surface area contributed by atoms with E-state index in [-0.39, 0.29) is 6.61 Å². The molecule has 0 aliphatic carbocycles. The molecule has 1 aromatic rings. The van der Waals surface area contributed by atoms with Crippen LogP contribution < -0.4 is 4.74 Å². The first-order valence-electron chi connectivity index (χ1n) is 4.77. The lowest BCUT2D eigenvalue weighted by atomic mass is 10.1. The van der Waals surface area contributed by atoms with Gasteiger partial charge >= 0.3 is 0 Å². The van der Waals surface area contributed by atoms with Crippen molar-refractivity contribution in [1.82, 2.24) is 9.97 Å². The molecule has 78 valence electrons. The Morgan fingerprint density at radius 3 is 2.86 bits per heavy atom. The fourth-order valence-corrected chi connectivity index (χ4v) is 0.931. The van der Waals surface area contributed by atoms with Crippen molar-refractivity contribution in [2.45, 2.75) is 26.9 Å². The number of nitrogens with zero attached hydrogens (tertiary/aromatic N) is 2. The van der Waals surface area contributed by atoms with E-state index in [1.807, 2.05) is 0 Å². The molecule has 0 unspecified atom stereocenters. The third kappa shape index (κ3) is 3.70. The zero-order valence-corrected chi connectivity index (χ0v) is 8.60. The Morgan fingerprint density at radius 1 is 1.43 bits per heavy atom. The number of hydrogen-bond acceptors (Lipinski definition) is 4. The van der Waals surface area contributed by atoms with Crippen molar-refractivity contribution >= 4 is 0 Å². The molecular formula is C10H16N2O2. The van der Waals surface area contributed by atoms with Crippen molar-refractivity contribution in [2.75, 3.05) is 6.61 Å². The number of rotatable bonds is 5. The fraction of sp³-hybridized carbons (Fsp3) is 0.600. The zero-order chi connectivity index (χ0) is 10.4. The van der Waals surface area contributed by atoms with Crippen molar-refractivity contribution in [3.8, 4) is 5.88 Å². The van der Waals surface area contributed by atoms with Gasteiger partial charge in [0.05, 0.1) is 31.3 Å². The van der Waals surface area contributed by atoms with Gasteiger partial charge in [0.25, 0.3) is 0 Å². The second kappa shape index (κ2) is 5.54. The summed E-state index contributed by atoms with van der Waals surface area (Å²) in [5, 5.41) is 8.82. The normalized spacial score (nSPS) is 10.6. The molecule has 4 heteroatoms. The second-order valence-corrected chi connectivity index (χ2v) is 3.54. The molecule has 0 radical (unpaired) electrons. The van der Waals surface area contributed by atoms with Crippen LogP contribution in [0.4, 0.5) is 0 Å². The molecule has 4 nitrogen and oxygen atoms in total. The van der Waals surface area contributed by atoms with Gasteiger partial charge in [-0.25, -0.2) is 4.98 Å². The maximum Gasteiger partial charge on any atom is 0.232 e. The standard InChI is InChI=1S/C10H16N2O2/c1-8(2)3-4-14-10-6-11-5-9(7-13)12-10/h5-6,8,13H,3-4,7H2,1-2H3. The second-order valence-electron chi connectivity index (χ2n) is 3.54. The molecule has 14 heavy (non-hydrogen) atoms. The molecule has 0 saturated carbocycles. The van der Waals surface area contributed by atoms with Gasteiger partial charge in [-0.05, 0) is 12.3 Å². The van der Waals surface area contributed by atoms with Crippen LogP contribution in [0.25, 0.3) is 0 Å². The first-order valence-corrected chi connectivity index (χ1v) is 4.77. The van der Waals surface area contributed by atoms with Gasteiger partial charge in [-0.1, -0.05) is 13.8 Å². The van der Waals surface area contributed by atoms with Crippen LogP contribution in [0.2, 0.25) is 0 Å². The van der Waals surface area contributed by atoms with Gasteiger partial charge in [0.2, 0.25) is 5.88 Å².